The topological polar surface area (TPSA) is 119 Å². The van der Waals surface area contributed by atoms with Crippen LogP contribution in [0, 0.1) is 0 Å². The molecule has 1 saturated heterocycles. The van der Waals surface area contributed by atoms with Crippen molar-refractivity contribution in [1.29, 1.82) is 0 Å². The predicted molar refractivity (Wildman–Crippen MR) is 122 cm³/mol. The van der Waals surface area contributed by atoms with E-state index in [1.807, 2.05) is 25.2 Å². The Morgan fingerprint density at radius 1 is 1.27 bits per heavy atom. The number of hydrogen-bond donors (Lipinski definition) is 3. The number of anilines is 1. The molecule has 0 aromatic carbocycles. The molecule has 0 bridgehead atoms. The first-order valence-electron chi connectivity index (χ1n) is 11.2. The third kappa shape index (κ3) is 3.25. The number of aliphatic hydroxyl groups is 1. The zero-order chi connectivity index (χ0) is 22.5. The maximum atomic E-state index is 12.9. The minimum absolute atomic E-state index is 0.225. The van der Waals surface area contributed by atoms with Crippen LogP contribution in [0.15, 0.2) is 36.8 Å². The Morgan fingerprint density at radius 3 is 2.91 bits per heavy atom. The molecule has 10 nitrogen and oxygen atoms in total. The Labute approximate surface area is 189 Å². The molecule has 3 N–H and O–H groups in total. The molecule has 33 heavy (non-hydrogen) atoms. The van der Waals surface area contributed by atoms with Crippen molar-refractivity contribution in [2.24, 2.45) is 0 Å². The molecule has 2 aliphatic rings. The number of aromatic nitrogens is 5. The van der Waals surface area contributed by atoms with Crippen molar-refractivity contribution in [1.82, 2.24) is 29.5 Å². The Balaban J connectivity index is 1.48. The van der Waals surface area contributed by atoms with Crippen LogP contribution in [-0.2, 0) is 4.74 Å². The van der Waals surface area contributed by atoms with Crippen LogP contribution >= 0.6 is 0 Å². The van der Waals surface area contributed by atoms with Crippen molar-refractivity contribution in [3.63, 3.8) is 0 Å². The molecule has 170 valence electrons. The van der Waals surface area contributed by atoms with Crippen molar-refractivity contribution in [2.75, 3.05) is 25.6 Å². The van der Waals surface area contributed by atoms with Gasteiger partial charge in [0.15, 0.2) is 5.65 Å². The van der Waals surface area contributed by atoms with Gasteiger partial charge >= 0.3 is 0 Å². The van der Waals surface area contributed by atoms with E-state index in [2.05, 4.69) is 31.5 Å². The molecule has 3 atom stereocenters. The molecule has 0 spiro atoms. The number of aliphatic hydroxyl groups excluding tert-OH is 1. The number of carbonyl (C=O) groups excluding carboxylic acids is 1. The van der Waals surface area contributed by atoms with Gasteiger partial charge in [-0.05, 0) is 31.4 Å². The number of amides is 1. The molecular formula is C23H25N7O3. The highest BCUT2D eigenvalue weighted by Gasteiger charge is 2.31. The van der Waals surface area contributed by atoms with Crippen molar-refractivity contribution < 1.29 is 14.6 Å². The third-order valence-corrected chi connectivity index (χ3v) is 6.69. The summed E-state index contributed by atoms with van der Waals surface area (Å²) in [6, 6.07) is 5.89. The van der Waals surface area contributed by atoms with E-state index in [1.165, 1.54) is 6.20 Å². The first kappa shape index (κ1) is 20.1. The van der Waals surface area contributed by atoms with Gasteiger partial charge in [-0.2, -0.15) is 9.61 Å². The number of rotatable bonds is 5. The average Bonchev–Trinajstić information content (AvgIpc) is 3.58. The van der Waals surface area contributed by atoms with Gasteiger partial charge in [-0.15, -0.1) is 0 Å². The zero-order valence-corrected chi connectivity index (χ0v) is 18.2. The van der Waals surface area contributed by atoms with Gasteiger partial charge in [-0.1, -0.05) is 0 Å². The van der Waals surface area contributed by atoms with Gasteiger partial charge in [0.2, 0.25) is 0 Å². The Hall–Kier alpha value is -3.50. The monoisotopic (exact) mass is 447 g/mol. The van der Waals surface area contributed by atoms with Crippen LogP contribution in [0.3, 0.4) is 0 Å². The highest BCUT2D eigenvalue weighted by Crippen LogP contribution is 2.34. The fraction of sp³-hybridized carbons (Fsp3) is 0.391. The highest BCUT2D eigenvalue weighted by molar-refractivity contribution is 6.01. The van der Waals surface area contributed by atoms with E-state index >= 15 is 0 Å². The normalized spacial score (nSPS) is 22.5. The number of nitrogens with zero attached hydrogens (tertiary/aromatic N) is 5. The molecular weight excluding hydrogens is 422 g/mol. The van der Waals surface area contributed by atoms with E-state index in [0.29, 0.717) is 30.1 Å². The number of pyridine rings is 1. The van der Waals surface area contributed by atoms with E-state index < -0.39 is 6.10 Å². The molecule has 4 aromatic heterocycles. The average molecular weight is 447 g/mol. The van der Waals surface area contributed by atoms with Crippen LogP contribution in [0.1, 0.15) is 35.7 Å². The molecule has 6 rings (SSSR count). The molecule has 1 amide bonds. The summed E-state index contributed by atoms with van der Waals surface area (Å²) >= 11 is 0. The minimum Gasteiger partial charge on any atom is -0.391 e. The van der Waals surface area contributed by atoms with Crippen LogP contribution in [0.2, 0.25) is 0 Å². The van der Waals surface area contributed by atoms with E-state index in [-0.39, 0.29) is 18.0 Å². The maximum Gasteiger partial charge on any atom is 0.257 e. The van der Waals surface area contributed by atoms with Gasteiger partial charge < -0.3 is 25.0 Å². The Morgan fingerprint density at radius 2 is 2.18 bits per heavy atom. The van der Waals surface area contributed by atoms with Crippen molar-refractivity contribution in [3.05, 3.63) is 42.4 Å². The van der Waals surface area contributed by atoms with E-state index in [9.17, 15) is 9.90 Å². The fourth-order valence-electron chi connectivity index (χ4n) is 4.64. The van der Waals surface area contributed by atoms with Crippen LogP contribution in [0.25, 0.3) is 27.9 Å². The second kappa shape index (κ2) is 7.82. The van der Waals surface area contributed by atoms with Gasteiger partial charge in [0.05, 0.1) is 36.7 Å². The van der Waals surface area contributed by atoms with Gasteiger partial charge in [0.25, 0.3) is 5.91 Å². The summed E-state index contributed by atoms with van der Waals surface area (Å²) in [4.78, 5) is 22.4. The van der Waals surface area contributed by atoms with Gasteiger partial charge in [-0.3, -0.25) is 4.79 Å². The predicted octanol–water partition coefficient (Wildman–Crippen LogP) is 2.00. The lowest BCUT2D eigenvalue weighted by Crippen LogP contribution is -2.50. The largest absolute Gasteiger partial charge is 0.391 e. The SMILES string of the molecule is CNc1cc(-c2cn(C3CCOC3)c3ncccc23)nc2c(C(=O)NC3CCC3O)cnn12. The lowest BCUT2D eigenvalue weighted by atomic mass is 9.89. The summed E-state index contributed by atoms with van der Waals surface area (Å²) in [6.07, 6.45) is 7.31. The van der Waals surface area contributed by atoms with Crippen molar-refractivity contribution in [2.45, 2.75) is 37.5 Å². The second-order valence-corrected chi connectivity index (χ2v) is 8.64. The third-order valence-electron chi connectivity index (χ3n) is 6.69. The highest BCUT2D eigenvalue weighted by atomic mass is 16.5. The minimum atomic E-state index is -0.495. The molecule has 10 heteroatoms. The quantitative estimate of drug-likeness (QED) is 0.428. The Bertz CT molecular complexity index is 1360. The molecule has 1 aliphatic heterocycles. The van der Waals surface area contributed by atoms with Crippen LogP contribution in [0.4, 0.5) is 5.82 Å². The molecule has 1 aliphatic carbocycles. The smallest absolute Gasteiger partial charge is 0.257 e. The lowest BCUT2D eigenvalue weighted by Gasteiger charge is -2.32. The van der Waals surface area contributed by atoms with Crippen molar-refractivity contribution in [3.8, 4) is 11.3 Å². The molecule has 5 heterocycles. The summed E-state index contributed by atoms with van der Waals surface area (Å²) < 4.78 is 9.40. The van der Waals surface area contributed by atoms with E-state index in [0.717, 1.165) is 41.7 Å². The summed E-state index contributed by atoms with van der Waals surface area (Å²) in [5.41, 5.74) is 3.38. The summed E-state index contributed by atoms with van der Waals surface area (Å²) in [6.45, 7) is 1.40. The number of fused-ring (bicyclic) bond motifs is 2. The van der Waals surface area contributed by atoms with E-state index in [1.54, 1.807) is 10.7 Å². The molecule has 4 aromatic rings. The summed E-state index contributed by atoms with van der Waals surface area (Å²) in [5.74, 6) is 0.430. The number of nitrogens with one attached hydrogen (secondary N) is 2. The van der Waals surface area contributed by atoms with Crippen LogP contribution in [-0.4, -0.2) is 67.6 Å². The van der Waals surface area contributed by atoms with Gasteiger partial charge in [-0.25, -0.2) is 9.97 Å². The molecule has 3 unspecified atom stereocenters. The van der Waals surface area contributed by atoms with Gasteiger partial charge in [0, 0.05) is 43.1 Å². The molecule has 2 fully saturated rings. The van der Waals surface area contributed by atoms with Gasteiger partial charge in [0.1, 0.15) is 17.0 Å². The van der Waals surface area contributed by atoms with Crippen molar-refractivity contribution >= 4 is 28.4 Å². The summed E-state index contributed by atoms with van der Waals surface area (Å²) in [7, 11) is 1.81. The zero-order valence-electron chi connectivity index (χ0n) is 18.2. The lowest BCUT2D eigenvalue weighted by molar-refractivity contribution is 0.0448. The first-order valence-corrected chi connectivity index (χ1v) is 11.2. The van der Waals surface area contributed by atoms with E-state index in [4.69, 9.17) is 9.72 Å². The molecule has 1 saturated carbocycles. The second-order valence-electron chi connectivity index (χ2n) is 8.64. The first-order chi connectivity index (χ1) is 16.1. The number of carbonyl (C=O) groups is 1. The van der Waals surface area contributed by atoms with Crippen LogP contribution < -0.4 is 10.6 Å². The Kier molecular flexibility index (Phi) is 4.77. The standard InChI is InChI=1S/C23H25N7O3/c1-24-20-9-18(16-11-29(13-6-8-33-12-13)21-14(16)3-2-7-25-21)27-22-15(10-26-30(20)22)23(32)28-17-4-5-19(17)31/h2-3,7,9-11,13,17,19,24,31H,4-6,8,12H2,1H3,(H,28,32). The van der Waals surface area contributed by atoms with Crippen LogP contribution in [0.5, 0.6) is 0 Å². The number of hydrogen-bond acceptors (Lipinski definition) is 7. The number of ether oxygens (including phenoxy) is 1. The maximum absolute atomic E-state index is 12.9. The fourth-order valence-corrected chi connectivity index (χ4v) is 4.64. The summed E-state index contributed by atoms with van der Waals surface area (Å²) in [5, 5.41) is 21.3. The molecule has 0 radical (unpaired) electrons.